The highest BCUT2D eigenvalue weighted by Gasteiger charge is 2.35. The molecule has 0 bridgehead atoms. The second-order valence-corrected chi connectivity index (χ2v) is 13.7. The molecule has 0 aliphatic carbocycles. The third kappa shape index (κ3) is 8.11. The summed E-state index contributed by atoms with van der Waals surface area (Å²) in [7, 11) is -4.17. The molecule has 1 unspecified atom stereocenters. The molecule has 0 aliphatic rings. The number of sulfonamides is 1. The minimum atomic E-state index is -4.17. The molecule has 0 saturated carbocycles. The summed E-state index contributed by atoms with van der Waals surface area (Å²) in [6.45, 7) is 12.7. The summed E-state index contributed by atoms with van der Waals surface area (Å²) >= 11 is 6.31. The second kappa shape index (κ2) is 13.1. The third-order valence-corrected chi connectivity index (χ3v) is 8.82. The quantitative estimate of drug-likeness (QED) is 0.302. The third-order valence-electron chi connectivity index (χ3n) is 6.81. The molecule has 0 radical (unpaired) electrons. The van der Waals surface area contributed by atoms with Crippen LogP contribution < -0.4 is 9.62 Å². The largest absolute Gasteiger partial charge is 0.350 e. The van der Waals surface area contributed by atoms with Gasteiger partial charge in [-0.3, -0.25) is 13.9 Å². The van der Waals surface area contributed by atoms with Gasteiger partial charge in [-0.2, -0.15) is 0 Å². The van der Waals surface area contributed by atoms with Crippen LogP contribution in [0.5, 0.6) is 0 Å². The number of amides is 2. The first-order valence-corrected chi connectivity index (χ1v) is 15.5. The Balaban J connectivity index is 2.13. The van der Waals surface area contributed by atoms with Gasteiger partial charge in [0.15, 0.2) is 0 Å². The van der Waals surface area contributed by atoms with E-state index in [2.05, 4.69) is 5.32 Å². The summed E-state index contributed by atoms with van der Waals surface area (Å²) in [6.07, 6.45) is 0.348. The molecule has 0 fully saturated rings. The normalized spacial score (nSPS) is 12.5. The van der Waals surface area contributed by atoms with Crippen molar-refractivity contribution in [3.8, 4) is 0 Å². The molecular formula is C32H40ClN3O4S. The van der Waals surface area contributed by atoms with Crippen LogP contribution in [0.25, 0.3) is 0 Å². The molecule has 7 nitrogen and oxygen atoms in total. The van der Waals surface area contributed by atoms with E-state index in [1.165, 1.54) is 17.0 Å². The molecule has 41 heavy (non-hydrogen) atoms. The zero-order valence-corrected chi connectivity index (χ0v) is 26.4. The fourth-order valence-corrected chi connectivity index (χ4v) is 6.18. The number of halogens is 1. The molecule has 3 aromatic rings. The van der Waals surface area contributed by atoms with Crippen molar-refractivity contribution in [2.75, 3.05) is 10.8 Å². The van der Waals surface area contributed by atoms with Crippen LogP contribution in [0.15, 0.2) is 71.6 Å². The van der Waals surface area contributed by atoms with Crippen molar-refractivity contribution in [1.82, 2.24) is 10.2 Å². The molecule has 3 aromatic carbocycles. The summed E-state index contributed by atoms with van der Waals surface area (Å²) in [4.78, 5) is 29.3. The average Bonchev–Trinajstić information content (AvgIpc) is 2.88. The fraction of sp³-hybridized carbons (Fsp3) is 0.375. The van der Waals surface area contributed by atoms with Crippen LogP contribution in [0.3, 0.4) is 0 Å². The van der Waals surface area contributed by atoms with Crippen LogP contribution in [0, 0.1) is 20.8 Å². The molecule has 0 aromatic heterocycles. The van der Waals surface area contributed by atoms with Crippen molar-refractivity contribution >= 4 is 39.1 Å². The van der Waals surface area contributed by atoms with Gasteiger partial charge in [0.05, 0.1) is 10.6 Å². The van der Waals surface area contributed by atoms with E-state index < -0.39 is 34.1 Å². The number of benzene rings is 3. The predicted molar refractivity (Wildman–Crippen MR) is 166 cm³/mol. The summed E-state index contributed by atoms with van der Waals surface area (Å²) in [5, 5.41) is 3.33. The van der Waals surface area contributed by atoms with Crippen LogP contribution in [0.2, 0.25) is 5.02 Å². The van der Waals surface area contributed by atoms with Crippen LogP contribution in [0.4, 0.5) is 5.69 Å². The Morgan fingerprint density at radius 3 is 2.15 bits per heavy atom. The number of rotatable bonds is 10. The first-order chi connectivity index (χ1) is 19.1. The number of nitrogens with zero attached hydrogens (tertiary/aromatic N) is 2. The number of aryl methyl sites for hydroxylation is 3. The fourth-order valence-electron chi connectivity index (χ4n) is 4.55. The molecular weight excluding hydrogens is 558 g/mol. The lowest BCUT2D eigenvalue weighted by atomic mass is 10.0. The molecule has 0 heterocycles. The Bertz CT molecular complexity index is 1500. The SMILES string of the molecule is CCC(C(=O)NC(C)(C)C)N(Cc1ccccc1C)C(=O)CN(c1cc(Cl)ccc1C)S(=O)(=O)c1ccc(C)cc1. The molecule has 1 atom stereocenters. The first-order valence-electron chi connectivity index (χ1n) is 13.7. The van der Waals surface area contributed by atoms with E-state index in [9.17, 15) is 18.0 Å². The van der Waals surface area contributed by atoms with Gasteiger partial charge in [0.25, 0.3) is 10.0 Å². The first kappa shape index (κ1) is 32.2. The van der Waals surface area contributed by atoms with Crippen molar-refractivity contribution < 1.29 is 18.0 Å². The Morgan fingerprint density at radius 1 is 0.927 bits per heavy atom. The van der Waals surface area contributed by atoms with Gasteiger partial charge in [-0.05, 0) is 88.9 Å². The Hall–Kier alpha value is -3.36. The monoisotopic (exact) mass is 597 g/mol. The van der Waals surface area contributed by atoms with Crippen molar-refractivity contribution in [1.29, 1.82) is 0 Å². The topological polar surface area (TPSA) is 86.8 Å². The molecule has 3 rings (SSSR count). The van der Waals surface area contributed by atoms with Gasteiger partial charge in [0, 0.05) is 17.1 Å². The Kier molecular flexibility index (Phi) is 10.3. The van der Waals surface area contributed by atoms with Crippen LogP contribution in [0.1, 0.15) is 56.4 Å². The van der Waals surface area contributed by atoms with Crippen molar-refractivity contribution in [2.24, 2.45) is 0 Å². The number of nitrogens with one attached hydrogen (secondary N) is 1. The number of anilines is 1. The highest BCUT2D eigenvalue weighted by atomic mass is 35.5. The van der Waals surface area contributed by atoms with Crippen LogP contribution >= 0.6 is 11.6 Å². The van der Waals surface area contributed by atoms with Gasteiger partial charge in [-0.1, -0.05) is 66.6 Å². The number of carbonyl (C=O) groups is 2. The van der Waals surface area contributed by atoms with Gasteiger partial charge in [-0.15, -0.1) is 0 Å². The molecule has 0 aliphatic heterocycles. The van der Waals surface area contributed by atoms with Gasteiger partial charge in [0.1, 0.15) is 12.6 Å². The number of hydrogen-bond acceptors (Lipinski definition) is 4. The molecule has 2 amide bonds. The van der Waals surface area contributed by atoms with Crippen molar-refractivity contribution in [2.45, 2.75) is 77.9 Å². The van der Waals surface area contributed by atoms with Gasteiger partial charge in [-0.25, -0.2) is 8.42 Å². The summed E-state index contributed by atoms with van der Waals surface area (Å²) in [6, 6.07) is 18.2. The van der Waals surface area contributed by atoms with Gasteiger partial charge >= 0.3 is 0 Å². The lowest BCUT2D eigenvalue weighted by Crippen LogP contribution is -2.55. The second-order valence-electron chi connectivity index (χ2n) is 11.4. The van der Waals surface area contributed by atoms with Crippen LogP contribution in [-0.2, 0) is 26.2 Å². The highest BCUT2D eigenvalue weighted by Crippen LogP contribution is 2.30. The molecule has 9 heteroatoms. The van der Waals surface area contributed by atoms with E-state index in [1.807, 2.05) is 65.8 Å². The average molecular weight is 598 g/mol. The molecule has 220 valence electrons. The Labute approximate surface area is 249 Å². The van der Waals surface area contributed by atoms with E-state index in [0.29, 0.717) is 22.7 Å². The Morgan fingerprint density at radius 2 is 1.56 bits per heavy atom. The maximum absolute atomic E-state index is 14.2. The van der Waals surface area contributed by atoms with Crippen molar-refractivity contribution in [3.05, 3.63) is 94.0 Å². The molecule has 0 saturated heterocycles. The zero-order chi connectivity index (χ0) is 30.5. The number of hydrogen-bond donors (Lipinski definition) is 1. The predicted octanol–water partition coefficient (Wildman–Crippen LogP) is 6.18. The van der Waals surface area contributed by atoms with Gasteiger partial charge < -0.3 is 10.2 Å². The van der Waals surface area contributed by atoms with E-state index in [-0.39, 0.29) is 17.3 Å². The van der Waals surface area contributed by atoms with E-state index >= 15 is 0 Å². The lowest BCUT2D eigenvalue weighted by Gasteiger charge is -2.35. The smallest absolute Gasteiger partial charge is 0.264 e. The van der Waals surface area contributed by atoms with E-state index in [0.717, 1.165) is 21.0 Å². The zero-order valence-electron chi connectivity index (χ0n) is 24.9. The van der Waals surface area contributed by atoms with E-state index in [1.54, 1.807) is 37.3 Å². The summed E-state index contributed by atoms with van der Waals surface area (Å²) in [5.74, 6) is -0.798. The van der Waals surface area contributed by atoms with E-state index in [4.69, 9.17) is 11.6 Å². The maximum Gasteiger partial charge on any atom is 0.264 e. The van der Waals surface area contributed by atoms with Crippen LogP contribution in [-0.4, -0.2) is 43.3 Å². The minimum absolute atomic E-state index is 0.0539. The summed E-state index contributed by atoms with van der Waals surface area (Å²) in [5.41, 5.74) is 3.17. The van der Waals surface area contributed by atoms with Gasteiger partial charge in [0.2, 0.25) is 11.8 Å². The molecule has 0 spiro atoms. The lowest BCUT2D eigenvalue weighted by molar-refractivity contribution is -0.141. The minimum Gasteiger partial charge on any atom is -0.350 e. The number of carbonyl (C=O) groups excluding carboxylic acids is 2. The summed E-state index contributed by atoms with van der Waals surface area (Å²) < 4.78 is 29.2. The van der Waals surface area contributed by atoms with Crippen molar-refractivity contribution in [3.63, 3.8) is 0 Å². The highest BCUT2D eigenvalue weighted by molar-refractivity contribution is 7.92. The maximum atomic E-state index is 14.2. The standard InChI is InChI=1S/C32H40ClN3O4S/c1-8-28(31(38)34-32(5,6)7)35(20-25-12-10-9-11-23(25)3)30(37)21-36(29-19-26(33)16-15-24(29)4)41(39,40)27-17-13-22(2)14-18-27/h9-19,28H,8,20-21H2,1-7H3,(H,34,38). The molecule has 1 N–H and O–H groups in total.